The van der Waals surface area contributed by atoms with E-state index in [1.54, 1.807) is 12.1 Å². The van der Waals surface area contributed by atoms with Gasteiger partial charge in [-0.05, 0) is 24.3 Å². The van der Waals surface area contributed by atoms with Crippen LogP contribution in [0.15, 0.2) is 24.3 Å². The topological polar surface area (TPSA) is 113 Å². The fourth-order valence-corrected chi connectivity index (χ4v) is 2.03. The maximum absolute atomic E-state index is 11.8. The van der Waals surface area contributed by atoms with Crippen molar-refractivity contribution in [1.82, 2.24) is 4.90 Å². The molecule has 0 saturated carbocycles. The van der Waals surface area contributed by atoms with Crippen molar-refractivity contribution in [2.75, 3.05) is 18.4 Å². The maximum Gasteiger partial charge on any atom is 0.321 e. The lowest BCUT2D eigenvalue weighted by atomic mass is 9.97. The molecule has 0 bridgehead atoms. The van der Waals surface area contributed by atoms with E-state index in [-0.39, 0.29) is 18.4 Å². The molecule has 0 atom stereocenters. The first-order chi connectivity index (χ1) is 9.45. The minimum atomic E-state index is -0.850. The predicted molar refractivity (Wildman–Crippen MR) is 71.3 cm³/mol. The molecule has 2 rings (SSSR count). The summed E-state index contributed by atoms with van der Waals surface area (Å²) in [5, 5.41) is 11.3. The summed E-state index contributed by atoms with van der Waals surface area (Å²) in [4.78, 5) is 34.8. The molecule has 4 N–H and O–H groups in total. The first-order valence-corrected chi connectivity index (χ1v) is 6.13. The van der Waals surface area contributed by atoms with E-state index in [1.165, 1.54) is 17.0 Å². The number of urea groups is 1. The molecule has 1 aromatic rings. The Bertz CT molecular complexity index is 535. The Balaban J connectivity index is 1.84. The molecule has 0 spiro atoms. The van der Waals surface area contributed by atoms with Gasteiger partial charge in [0.15, 0.2) is 0 Å². The number of amides is 3. The van der Waals surface area contributed by atoms with Gasteiger partial charge in [0.2, 0.25) is 5.91 Å². The van der Waals surface area contributed by atoms with Crippen LogP contribution in [0.2, 0.25) is 0 Å². The number of carboxylic acids is 1. The third kappa shape index (κ3) is 3.25. The van der Waals surface area contributed by atoms with Crippen molar-refractivity contribution in [3.63, 3.8) is 0 Å². The standard InChI is InChI=1S/C13H15N3O4/c14-12(19)9-1-3-10(4-2-9)15-13(20)16-6-8(7-16)5-11(17)18/h1-4,8H,5-7H2,(H2,14,19)(H,15,20)(H,17,18). The second kappa shape index (κ2) is 5.60. The number of hydrogen-bond donors (Lipinski definition) is 3. The van der Waals surface area contributed by atoms with Crippen LogP contribution in [0.5, 0.6) is 0 Å². The lowest BCUT2D eigenvalue weighted by Gasteiger charge is -2.38. The van der Waals surface area contributed by atoms with Crippen molar-refractivity contribution in [1.29, 1.82) is 0 Å². The molecule has 1 fully saturated rings. The molecule has 1 heterocycles. The second-order valence-electron chi connectivity index (χ2n) is 4.74. The van der Waals surface area contributed by atoms with Gasteiger partial charge < -0.3 is 21.1 Å². The summed E-state index contributed by atoms with van der Waals surface area (Å²) in [7, 11) is 0. The Morgan fingerprint density at radius 2 is 1.85 bits per heavy atom. The van der Waals surface area contributed by atoms with Crippen molar-refractivity contribution in [2.24, 2.45) is 11.7 Å². The van der Waals surface area contributed by atoms with Crippen molar-refractivity contribution >= 4 is 23.6 Å². The molecule has 3 amide bonds. The summed E-state index contributed by atoms with van der Waals surface area (Å²) in [6, 6.07) is 5.96. The van der Waals surface area contributed by atoms with Gasteiger partial charge >= 0.3 is 12.0 Å². The number of nitrogens with two attached hydrogens (primary N) is 1. The molecular weight excluding hydrogens is 262 g/mol. The zero-order valence-electron chi connectivity index (χ0n) is 10.7. The highest BCUT2D eigenvalue weighted by Gasteiger charge is 2.31. The number of likely N-dealkylation sites (tertiary alicyclic amines) is 1. The largest absolute Gasteiger partial charge is 0.481 e. The van der Waals surface area contributed by atoms with Gasteiger partial charge in [0.25, 0.3) is 0 Å². The average Bonchev–Trinajstić information content (AvgIpc) is 2.33. The summed E-state index contributed by atoms with van der Waals surface area (Å²) >= 11 is 0. The fourth-order valence-electron chi connectivity index (χ4n) is 2.03. The van der Waals surface area contributed by atoms with Gasteiger partial charge in [0, 0.05) is 30.3 Å². The summed E-state index contributed by atoms with van der Waals surface area (Å²) in [5.74, 6) is -1.35. The van der Waals surface area contributed by atoms with Crippen LogP contribution in [0.4, 0.5) is 10.5 Å². The van der Waals surface area contributed by atoms with E-state index in [1.807, 2.05) is 0 Å². The molecule has 0 aliphatic carbocycles. The number of benzene rings is 1. The highest BCUT2D eigenvalue weighted by atomic mass is 16.4. The van der Waals surface area contributed by atoms with Crippen LogP contribution in [0.25, 0.3) is 0 Å². The van der Waals surface area contributed by atoms with Crippen molar-refractivity contribution in [2.45, 2.75) is 6.42 Å². The molecule has 20 heavy (non-hydrogen) atoms. The molecular formula is C13H15N3O4. The van der Waals surface area contributed by atoms with Gasteiger partial charge in [-0.1, -0.05) is 0 Å². The van der Waals surface area contributed by atoms with E-state index < -0.39 is 11.9 Å². The van der Waals surface area contributed by atoms with Gasteiger partial charge in [0.1, 0.15) is 0 Å². The van der Waals surface area contributed by atoms with Crippen molar-refractivity contribution in [3.05, 3.63) is 29.8 Å². The molecule has 7 heteroatoms. The molecule has 1 aliphatic heterocycles. The second-order valence-corrected chi connectivity index (χ2v) is 4.74. The zero-order valence-corrected chi connectivity index (χ0v) is 10.7. The number of carbonyl (C=O) groups excluding carboxylic acids is 2. The van der Waals surface area contributed by atoms with E-state index in [0.29, 0.717) is 24.3 Å². The number of aliphatic carboxylic acids is 1. The Morgan fingerprint density at radius 3 is 2.35 bits per heavy atom. The third-order valence-corrected chi connectivity index (χ3v) is 3.13. The number of carbonyl (C=O) groups is 3. The minimum absolute atomic E-state index is 0.0236. The number of anilines is 1. The molecule has 1 aliphatic rings. The van der Waals surface area contributed by atoms with E-state index in [4.69, 9.17) is 10.8 Å². The molecule has 7 nitrogen and oxygen atoms in total. The average molecular weight is 277 g/mol. The highest BCUT2D eigenvalue weighted by Crippen LogP contribution is 2.20. The Labute approximate surface area is 115 Å². The number of primary amides is 1. The van der Waals surface area contributed by atoms with Crippen LogP contribution in [0.3, 0.4) is 0 Å². The lowest BCUT2D eigenvalue weighted by Crippen LogP contribution is -2.52. The van der Waals surface area contributed by atoms with Gasteiger partial charge in [-0.15, -0.1) is 0 Å². The van der Waals surface area contributed by atoms with E-state index in [2.05, 4.69) is 5.32 Å². The van der Waals surface area contributed by atoms with Crippen LogP contribution in [-0.2, 0) is 4.79 Å². The summed E-state index contributed by atoms with van der Waals surface area (Å²) in [6.45, 7) is 0.884. The van der Waals surface area contributed by atoms with Crippen LogP contribution in [-0.4, -0.2) is 41.0 Å². The van der Waals surface area contributed by atoms with Gasteiger partial charge in [-0.25, -0.2) is 4.79 Å². The number of carboxylic acid groups (broad SMARTS) is 1. The zero-order chi connectivity index (χ0) is 14.7. The monoisotopic (exact) mass is 277 g/mol. The van der Waals surface area contributed by atoms with Gasteiger partial charge in [-0.2, -0.15) is 0 Å². The lowest BCUT2D eigenvalue weighted by molar-refractivity contribution is -0.139. The molecule has 0 unspecified atom stereocenters. The molecule has 1 saturated heterocycles. The Hall–Kier alpha value is -2.57. The normalized spacial score (nSPS) is 14.5. The van der Waals surface area contributed by atoms with Crippen LogP contribution in [0.1, 0.15) is 16.8 Å². The first-order valence-electron chi connectivity index (χ1n) is 6.13. The quantitative estimate of drug-likeness (QED) is 0.752. The molecule has 0 aromatic heterocycles. The third-order valence-electron chi connectivity index (χ3n) is 3.13. The summed E-state index contributed by atoms with van der Waals surface area (Å²) in [6.07, 6.45) is 0.0804. The smallest absolute Gasteiger partial charge is 0.321 e. The van der Waals surface area contributed by atoms with E-state index in [9.17, 15) is 14.4 Å². The van der Waals surface area contributed by atoms with Gasteiger partial charge in [0.05, 0.1) is 6.42 Å². The fraction of sp³-hybridized carbons (Fsp3) is 0.308. The van der Waals surface area contributed by atoms with Crippen molar-refractivity contribution in [3.8, 4) is 0 Å². The summed E-state index contributed by atoms with van der Waals surface area (Å²) < 4.78 is 0. The Kier molecular flexibility index (Phi) is 3.88. The number of nitrogens with one attached hydrogen (secondary N) is 1. The number of hydrogen-bond acceptors (Lipinski definition) is 3. The first kappa shape index (κ1) is 13.9. The SMILES string of the molecule is NC(=O)c1ccc(NC(=O)N2CC(CC(=O)O)C2)cc1. The number of nitrogens with zero attached hydrogens (tertiary/aromatic N) is 1. The van der Waals surface area contributed by atoms with E-state index >= 15 is 0 Å². The van der Waals surface area contributed by atoms with Gasteiger partial charge in [-0.3, -0.25) is 9.59 Å². The predicted octanol–water partition coefficient (Wildman–Crippen LogP) is 0.724. The molecule has 106 valence electrons. The Morgan fingerprint density at radius 1 is 1.25 bits per heavy atom. The maximum atomic E-state index is 11.8. The molecule has 1 aromatic carbocycles. The minimum Gasteiger partial charge on any atom is -0.481 e. The van der Waals surface area contributed by atoms with Crippen LogP contribution >= 0.6 is 0 Å². The highest BCUT2D eigenvalue weighted by molar-refractivity contribution is 5.94. The van der Waals surface area contributed by atoms with E-state index in [0.717, 1.165) is 0 Å². The molecule has 0 radical (unpaired) electrons. The number of rotatable bonds is 4. The summed E-state index contributed by atoms with van der Waals surface area (Å²) in [5.41, 5.74) is 6.04. The van der Waals surface area contributed by atoms with Crippen LogP contribution in [0, 0.1) is 5.92 Å². The van der Waals surface area contributed by atoms with Crippen LogP contribution < -0.4 is 11.1 Å². The van der Waals surface area contributed by atoms with Crippen molar-refractivity contribution < 1.29 is 19.5 Å².